The topological polar surface area (TPSA) is 68.0 Å². The lowest BCUT2D eigenvalue weighted by Crippen LogP contribution is -2.32. The Hall–Kier alpha value is -2.21. The SMILES string of the molecule is Cc1nc(-c2ccco2)nc2sc(C(=O)NC3CCCC3)c(C)c12. The van der Waals surface area contributed by atoms with Gasteiger partial charge in [-0.25, -0.2) is 9.97 Å². The first kappa shape index (κ1) is 15.3. The Kier molecular flexibility index (Phi) is 3.84. The van der Waals surface area contributed by atoms with Gasteiger partial charge < -0.3 is 9.73 Å². The first-order valence-electron chi connectivity index (χ1n) is 8.26. The molecule has 4 rings (SSSR count). The van der Waals surface area contributed by atoms with Gasteiger partial charge in [0.25, 0.3) is 5.91 Å². The van der Waals surface area contributed by atoms with E-state index in [4.69, 9.17) is 4.42 Å². The summed E-state index contributed by atoms with van der Waals surface area (Å²) < 4.78 is 5.40. The van der Waals surface area contributed by atoms with E-state index in [0.29, 0.717) is 17.6 Å². The molecule has 1 aliphatic carbocycles. The van der Waals surface area contributed by atoms with Crippen molar-refractivity contribution >= 4 is 27.5 Å². The van der Waals surface area contributed by atoms with Gasteiger partial charge in [-0.05, 0) is 44.4 Å². The lowest BCUT2D eigenvalue weighted by atomic mass is 10.1. The second-order valence-electron chi connectivity index (χ2n) is 6.30. The number of furan rings is 1. The van der Waals surface area contributed by atoms with Crippen molar-refractivity contribution in [2.45, 2.75) is 45.6 Å². The number of amides is 1. The summed E-state index contributed by atoms with van der Waals surface area (Å²) in [4.78, 5) is 23.4. The van der Waals surface area contributed by atoms with Crippen molar-refractivity contribution in [3.63, 3.8) is 0 Å². The second-order valence-corrected chi connectivity index (χ2v) is 7.30. The average Bonchev–Trinajstić information content (AvgIpc) is 3.28. The van der Waals surface area contributed by atoms with E-state index in [-0.39, 0.29) is 5.91 Å². The van der Waals surface area contributed by atoms with Crippen molar-refractivity contribution in [1.29, 1.82) is 0 Å². The van der Waals surface area contributed by atoms with Crippen LogP contribution in [0.2, 0.25) is 0 Å². The highest BCUT2D eigenvalue weighted by Crippen LogP contribution is 2.33. The third-order valence-corrected chi connectivity index (χ3v) is 5.79. The summed E-state index contributed by atoms with van der Waals surface area (Å²) in [6, 6.07) is 3.97. The third-order valence-electron chi connectivity index (χ3n) is 4.61. The summed E-state index contributed by atoms with van der Waals surface area (Å²) in [6.07, 6.45) is 6.17. The van der Waals surface area contributed by atoms with E-state index < -0.39 is 0 Å². The number of rotatable bonds is 3. The molecule has 0 bridgehead atoms. The molecular formula is C18H19N3O2S. The highest BCUT2D eigenvalue weighted by Gasteiger charge is 2.23. The number of hydrogen-bond acceptors (Lipinski definition) is 5. The fraction of sp³-hybridized carbons (Fsp3) is 0.389. The van der Waals surface area contributed by atoms with Crippen LogP contribution in [0.5, 0.6) is 0 Å². The zero-order valence-corrected chi connectivity index (χ0v) is 14.6. The highest BCUT2D eigenvalue weighted by molar-refractivity contribution is 7.20. The predicted molar refractivity (Wildman–Crippen MR) is 94.3 cm³/mol. The van der Waals surface area contributed by atoms with Crippen molar-refractivity contribution in [3.8, 4) is 11.6 Å². The molecule has 0 aliphatic heterocycles. The van der Waals surface area contributed by atoms with Gasteiger partial charge in [-0.15, -0.1) is 11.3 Å². The standard InChI is InChI=1S/C18H19N3O2S/c1-10-14-11(2)19-16(13-8-5-9-23-13)21-18(14)24-15(10)17(22)20-12-6-3-4-7-12/h5,8-9,12H,3-4,6-7H2,1-2H3,(H,20,22). The van der Waals surface area contributed by atoms with Crippen LogP contribution in [0.4, 0.5) is 0 Å². The number of nitrogens with zero attached hydrogens (tertiary/aromatic N) is 2. The summed E-state index contributed by atoms with van der Waals surface area (Å²) in [5, 5.41) is 4.14. The first-order valence-corrected chi connectivity index (χ1v) is 9.07. The van der Waals surface area contributed by atoms with Crippen molar-refractivity contribution in [3.05, 3.63) is 34.5 Å². The normalized spacial score (nSPS) is 15.2. The van der Waals surface area contributed by atoms with Crippen molar-refractivity contribution in [2.24, 2.45) is 0 Å². The number of thiophene rings is 1. The summed E-state index contributed by atoms with van der Waals surface area (Å²) >= 11 is 1.44. The van der Waals surface area contributed by atoms with Gasteiger partial charge in [0.15, 0.2) is 11.6 Å². The number of fused-ring (bicyclic) bond motifs is 1. The van der Waals surface area contributed by atoms with Gasteiger partial charge in [-0.1, -0.05) is 12.8 Å². The summed E-state index contributed by atoms with van der Waals surface area (Å²) in [5.41, 5.74) is 1.84. The lowest BCUT2D eigenvalue weighted by molar-refractivity contribution is 0.0941. The van der Waals surface area contributed by atoms with Gasteiger partial charge in [-0.2, -0.15) is 0 Å². The molecule has 1 fully saturated rings. The molecule has 1 aliphatic rings. The number of nitrogens with one attached hydrogen (secondary N) is 1. The van der Waals surface area contributed by atoms with Gasteiger partial charge in [0.1, 0.15) is 4.83 Å². The summed E-state index contributed by atoms with van der Waals surface area (Å²) in [5.74, 6) is 1.22. The third kappa shape index (κ3) is 2.60. The van der Waals surface area contributed by atoms with Crippen LogP contribution in [-0.2, 0) is 0 Å². The number of carbonyl (C=O) groups excluding carboxylic acids is 1. The fourth-order valence-corrected chi connectivity index (χ4v) is 4.53. The van der Waals surface area contributed by atoms with Gasteiger partial charge in [-0.3, -0.25) is 4.79 Å². The number of aromatic nitrogens is 2. The molecule has 6 heteroatoms. The van der Waals surface area contributed by atoms with Crippen molar-refractivity contribution in [2.75, 3.05) is 0 Å². The van der Waals surface area contributed by atoms with E-state index in [0.717, 1.165) is 39.2 Å². The maximum atomic E-state index is 12.6. The molecule has 124 valence electrons. The Labute approximate surface area is 144 Å². The van der Waals surface area contributed by atoms with Crippen LogP contribution in [-0.4, -0.2) is 21.9 Å². The van der Waals surface area contributed by atoms with Crippen LogP contribution in [0.3, 0.4) is 0 Å². The maximum Gasteiger partial charge on any atom is 0.261 e. The number of carbonyl (C=O) groups is 1. The molecule has 5 nitrogen and oxygen atoms in total. The largest absolute Gasteiger partial charge is 0.461 e. The zero-order valence-electron chi connectivity index (χ0n) is 13.8. The Bertz CT molecular complexity index is 893. The minimum Gasteiger partial charge on any atom is -0.461 e. The van der Waals surface area contributed by atoms with E-state index >= 15 is 0 Å². The molecular weight excluding hydrogens is 322 g/mol. The Balaban J connectivity index is 1.73. The fourth-order valence-electron chi connectivity index (χ4n) is 3.39. The van der Waals surface area contributed by atoms with Gasteiger partial charge in [0.2, 0.25) is 0 Å². The molecule has 3 heterocycles. The number of aryl methyl sites for hydroxylation is 2. The summed E-state index contributed by atoms with van der Waals surface area (Å²) in [7, 11) is 0. The van der Waals surface area contributed by atoms with Crippen LogP contribution in [0.25, 0.3) is 21.8 Å². The van der Waals surface area contributed by atoms with Crippen molar-refractivity contribution in [1.82, 2.24) is 15.3 Å². The molecule has 0 radical (unpaired) electrons. The lowest BCUT2D eigenvalue weighted by Gasteiger charge is -2.11. The monoisotopic (exact) mass is 341 g/mol. The van der Waals surface area contributed by atoms with E-state index in [1.165, 1.54) is 24.2 Å². The van der Waals surface area contributed by atoms with Crippen LogP contribution in [0.1, 0.15) is 46.6 Å². The van der Waals surface area contributed by atoms with E-state index in [1.807, 2.05) is 26.0 Å². The van der Waals surface area contributed by atoms with Gasteiger partial charge in [0, 0.05) is 11.4 Å². The minimum atomic E-state index is 0.0151. The highest BCUT2D eigenvalue weighted by atomic mass is 32.1. The molecule has 24 heavy (non-hydrogen) atoms. The molecule has 0 saturated heterocycles. The average molecular weight is 341 g/mol. The zero-order chi connectivity index (χ0) is 16.7. The van der Waals surface area contributed by atoms with Crippen LogP contribution < -0.4 is 5.32 Å². The predicted octanol–water partition coefficient (Wildman–Crippen LogP) is 4.24. The molecule has 0 unspecified atom stereocenters. The Morgan fingerprint density at radius 1 is 1.29 bits per heavy atom. The minimum absolute atomic E-state index is 0.0151. The molecule has 3 aromatic rings. The molecule has 1 amide bonds. The Morgan fingerprint density at radius 3 is 2.79 bits per heavy atom. The smallest absolute Gasteiger partial charge is 0.261 e. The van der Waals surface area contributed by atoms with Crippen LogP contribution in [0, 0.1) is 13.8 Å². The van der Waals surface area contributed by atoms with Gasteiger partial charge in [0.05, 0.1) is 16.8 Å². The quantitative estimate of drug-likeness (QED) is 0.773. The second kappa shape index (κ2) is 6.02. The van der Waals surface area contributed by atoms with Crippen LogP contribution in [0.15, 0.2) is 22.8 Å². The molecule has 1 saturated carbocycles. The molecule has 0 aromatic carbocycles. The van der Waals surface area contributed by atoms with Crippen LogP contribution >= 0.6 is 11.3 Å². The van der Waals surface area contributed by atoms with Gasteiger partial charge >= 0.3 is 0 Å². The molecule has 0 atom stereocenters. The van der Waals surface area contributed by atoms with E-state index in [9.17, 15) is 4.79 Å². The summed E-state index contributed by atoms with van der Waals surface area (Å²) in [6.45, 7) is 3.93. The number of hydrogen-bond donors (Lipinski definition) is 1. The first-order chi connectivity index (χ1) is 11.6. The van der Waals surface area contributed by atoms with E-state index in [2.05, 4.69) is 15.3 Å². The molecule has 3 aromatic heterocycles. The molecule has 1 N–H and O–H groups in total. The van der Waals surface area contributed by atoms with E-state index in [1.54, 1.807) is 6.26 Å². The maximum absolute atomic E-state index is 12.6. The Morgan fingerprint density at radius 2 is 2.08 bits per heavy atom. The molecule has 0 spiro atoms. The van der Waals surface area contributed by atoms with Crippen molar-refractivity contribution < 1.29 is 9.21 Å².